The van der Waals surface area contributed by atoms with Gasteiger partial charge in [0.1, 0.15) is 5.82 Å². The van der Waals surface area contributed by atoms with Crippen molar-refractivity contribution in [2.24, 2.45) is 5.92 Å². The van der Waals surface area contributed by atoms with E-state index in [0.29, 0.717) is 6.04 Å². The smallest absolute Gasteiger partial charge is 0.126 e. The Morgan fingerprint density at radius 2 is 2.28 bits per heavy atom. The highest BCUT2D eigenvalue weighted by molar-refractivity contribution is 5.23. The molecule has 2 nitrogen and oxygen atoms in total. The van der Waals surface area contributed by atoms with Crippen LogP contribution in [0.2, 0.25) is 0 Å². The molecular weight excluding hydrogens is 227 g/mol. The number of rotatable bonds is 2. The van der Waals surface area contributed by atoms with Gasteiger partial charge in [-0.15, -0.1) is 0 Å². The van der Waals surface area contributed by atoms with Crippen molar-refractivity contribution in [3.63, 3.8) is 0 Å². The predicted octanol–water partition coefficient (Wildman–Crippen LogP) is 2.32. The molecule has 0 radical (unpaired) electrons. The van der Waals surface area contributed by atoms with Gasteiger partial charge in [-0.3, -0.25) is 4.90 Å². The van der Waals surface area contributed by atoms with Crippen molar-refractivity contribution in [1.82, 2.24) is 10.2 Å². The van der Waals surface area contributed by atoms with Crippen LogP contribution in [0.3, 0.4) is 0 Å². The zero-order valence-corrected chi connectivity index (χ0v) is 11.0. The number of likely N-dealkylation sites (tertiary alicyclic amines) is 1. The molecule has 0 amide bonds. The Balaban J connectivity index is 1.64. The number of hydrogen-bond acceptors (Lipinski definition) is 2. The molecule has 0 spiro atoms. The Hall–Kier alpha value is -0.930. The maximum Gasteiger partial charge on any atom is 0.126 e. The standard InChI is InChI=1S/C15H21FN2/c1-11-4-5-12(7-14(11)16)8-18-9-13-3-2-6-17-15(13)10-18/h4-5,7,13,15,17H,2-3,6,8-10H2,1H3/t13-,15+/m0/s1. The Morgan fingerprint density at radius 3 is 3.06 bits per heavy atom. The zero-order chi connectivity index (χ0) is 12.5. The van der Waals surface area contributed by atoms with E-state index in [-0.39, 0.29) is 5.82 Å². The molecule has 2 aliphatic heterocycles. The first-order valence-electron chi connectivity index (χ1n) is 6.93. The third kappa shape index (κ3) is 2.43. The highest BCUT2D eigenvalue weighted by Gasteiger charge is 2.33. The van der Waals surface area contributed by atoms with Crippen molar-refractivity contribution in [1.29, 1.82) is 0 Å². The fourth-order valence-corrected chi connectivity index (χ4v) is 3.26. The molecule has 2 heterocycles. The number of hydrogen-bond donors (Lipinski definition) is 1. The van der Waals surface area contributed by atoms with Gasteiger partial charge in [0.25, 0.3) is 0 Å². The molecular formula is C15H21FN2. The van der Waals surface area contributed by atoms with E-state index in [0.717, 1.165) is 43.2 Å². The molecule has 18 heavy (non-hydrogen) atoms. The van der Waals surface area contributed by atoms with Crippen LogP contribution in [0, 0.1) is 18.7 Å². The van der Waals surface area contributed by atoms with E-state index in [2.05, 4.69) is 10.2 Å². The van der Waals surface area contributed by atoms with Crippen LogP contribution in [0.5, 0.6) is 0 Å². The molecule has 0 bridgehead atoms. The average Bonchev–Trinajstić information content (AvgIpc) is 2.76. The van der Waals surface area contributed by atoms with Crippen LogP contribution < -0.4 is 5.32 Å². The van der Waals surface area contributed by atoms with Crippen molar-refractivity contribution in [3.8, 4) is 0 Å². The number of piperidine rings is 1. The molecule has 2 fully saturated rings. The summed E-state index contributed by atoms with van der Waals surface area (Å²) in [6, 6.07) is 6.28. The SMILES string of the molecule is Cc1ccc(CN2C[C@@H]3CCCN[C@@H]3C2)cc1F. The summed E-state index contributed by atoms with van der Waals surface area (Å²) in [5.41, 5.74) is 1.83. The zero-order valence-electron chi connectivity index (χ0n) is 11.0. The van der Waals surface area contributed by atoms with Crippen molar-refractivity contribution < 1.29 is 4.39 Å². The van der Waals surface area contributed by atoms with Crippen molar-refractivity contribution in [2.45, 2.75) is 32.4 Å². The highest BCUT2D eigenvalue weighted by atomic mass is 19.1. The molecule has 3 heteroatoms. The molecule has 0 aliphatic carbocycles. The van der Waals surface area contributed by atoms with E-state index < -0.39 is 0 Å². The third-order valence-electron chi connectivity index (χ3n) is 4.32. The second-order valence-corrected chi connectivity index (χ2v) is 5.74. The van der Waals surface area contributed by atoms with Crippen LogP contribution >= 0.6 is 0 Å². The van der Waals surface area contributed by atoms with Crippen LogP contribution in [0.4, 0.5) is 4.39 Å². The molecule has 2 atom stereocenters. The first-order valence-corrected chi connectivity index (χ1v) is 6.93. The number of fused-ring (bicyclic) bond motifs is 1. The lowest BCUT2D eigenvalue weighted by Crippen LogP contribution is -2.40. The molecule has 1 aromatic rings. The molecule has 0 saturated carbocycles. The van der Waals surface area contributed by atoms with Crippen molar-refractivity contribution in [3.05, 3.63) is 35.1 Å². The fourth-order valence-electron chi connectivity index (χ4n) is 3.26. The van der Waals surface area contributed by atoms with Crippen LogP contribution in [-0.2, 0) is 6.54 Å². The Labute approximate surface area is 108 Å². The largest absolute Gasteiger partial charge is 0.312 e. The summed E-state index contributed by atoms with van der Waals surface area (Å²) in [7, 11) is 0. The van der Waals surface area contributed by atoms with Gasteiger partial charge < -0.3 is 5.32 Å². The van der Waals surface area contributed by atoms with E-state index in [1.54, 1.807) is 6.07 Å². The molecule has 0 aromatic heterocycles. The minimum atomic E-state index is -0.0813. The van der Waals surface area contributed by atoms with Crippen LogP contribution in [0.25, 0.3) is 0 Å². The Kier molecular flexibility index (Phi) is 3.35. The lowest BCUT2D eigenvalue weighted by Gasteiger charge is -2.24. The first-order chi connectivity index (χ1) is 8.72. The highest BCUT2D eigenvalue weighted by Crippen LogP contribution is 2.26. The molecule has 2 aliphatic rings. The van der Waals surface area contributed by atoms with Crippen LogP contribution in [0.15, 0.2) is 18.2 Å². The van der Waals surface area contributed by atoms with E-state index >= 15 is 0 Å². The number of nitrogens with zero attached hydrogens (tertiary/aromatic N) is 1. The van der Waals surface area contributed by atoms with E-state index in [1.807, 2.05) is 19.1 Å². The normalized spacial score (nSPS) is 28.3. The second kappa shape index (κ2) is 4.98. The van der Waals surface area contributed by atoms with Gasteiger partial charge in [-0.05, 0) is 49.4 Å². The number of halogens is 1. The van der Waals surface area contributed by atoms with Gasteiger partial charge in [-0.1, -0.05) is 12.1 Å². The summed E-state index contributed by atoms with van der Waals surface area (Å²) in [5, 5.41) is 3.60. The quantitative estimate of drug-likeness (QED) is 0.864. The van der Waals surface area contributed by atoms with Gasteiger partial charge in [0.15, 0.2) is 0 Å². The van der Waals surface area contributed by atoms with Gasteiger partial charge in [-0.25, -0.2) is 4.39 Å². The fraction of sp³-hybridized carbons (Fsp3) is 0.600. The summed E-state index contributed by atoms with van der Waals surface area (Å²) >= 11 is 0. The summed E-state index contributed by atoms with van der Waals surface area (Å²) in [4.78, 5) is 2.46. The maximum absolute atomic E-state index is 13.5. The number of aryl methyl sites for hydroxylation is 1. The summed E-state index contributed by atoms with van der Waals surface area (Å²) in [5.74, 6) is 0.719. The van der Waals surface area contributed by atoms with Gasteiger partial charge in [0, 0.05) is 25.7 Å². The van der Waals surface area contributed by atoms with Gasteiger partial charge >= 0.3 is 0 Å². The summed E-state index contributed by atoms with van der Waals surface area (Å²) < 4.78 is 13.5. The maximum atomic E-state index is 13.5. The van der Waals surface area contributed by atoms with Gasteiger partial charge in [0.2, 0.25) is 0 Å². The monoisotopic (exact) mass is 248 g/mol. The van der Waals surface area contributed by atoms with Crippen molar-refractivity contribution >= 4 is 0 Å². The molecule has 2 saturated heterocycles. The summed E-state index contributed by atoms with van der Waals surface area (Å²) in [6.07, 6.45) is 2.64. The Bertz CT molecular complexity index is 419. The molecule has 98 valence electrons. The average molecular weight is 248 g/mol. The van der Waals surface area contributed by atoms with Crippen LogP contribution in [-0.4, -0.2) is 30.6 Å². The van der Waals surface area contributed by atoms with Crippen molar-refractivity contribution in [2.75, 3.05) is 19.6 Å². The Morgan fingerprint density at radius 1 is 1.39 bits per heavy atom. The van der Waals surface area contributed by atoms with E-state index in [9.17, 15) is 4.39 Å². The summed E-state index contributed by atoms with van der Waals surface area (Å²) in [6.45, 7) is 6.13. The first kappa shape index (κ1) is 12.1. The van der Waals surface area contributed by atoms with E-state index in [4.69, 9.17) is 0 Å². The topological polar surface area (TPSA) is 15.3 Å². The molecule has 1 N–H and O–H groups in total. The van der Waals surface area contributed by atoms with Gasteiger partial charge in [-0.2, -0.15) is 0 Å². The molecule has 1 aromatic carbocycles. The second-order valence-electron chi connectivity index (χ2n) is 5.74. The van der Waals surface area contributed by atoms with E-state index in [1.165, 1.54) is 12.8 Å². The predicted molar refractivity (Wildman–Crippen MR) is 70.9 cm³/mol. The lowest BCUT2D eigenvalue weighted by molar-refractivity contribution is 0.312. The lowest BCUT2D eigenvalue weighted by atomic mass is 9.94. The minimum absolute atomic E-state index is 0.0813. The number of benzene rings is 1. The van der Waals surface area contributed by atoms with Crippen LogP contribution in [0.1, 0.15) is 24.0 Å². The minimum Gasteiger partial charge on any atom is -0.312 e. The third-order valence-corrected chi connectivity index (χ3v) is 4.32. The molecule has 0 unspecified atom stereocenters. The number of nitrogens with one attached hydrogen (secondary N) is 1. The molecule has 3 rings (SSSR count). The van der Waals surface area contributed by atoms with Gasteiger partial charge in [0.05, 0.1) is 0 Å².